The van der Waals surface area contributed by atoms with E-state index in [2.05, 4.69) is 20.9 Å². The number of hydrogen-bond acceptors (Lipinski definition) is 4. The fourth-order valence-corrected chi connectivity index (χ4v) is 1.97. The number of anilines is 2. The Morgan fingerprint density at radius 1 is 1.44 bits per heavy atom. The lowest BCUT2D eigenvalue weighted by molar-refractivity contribution is 0.186. The summed E-state index contributed by atoms with van der Waals surface area (Å²) in [5, 5.41) is 2.59. The van der Waals surface area contributed by atoms with Crippen molar-refractivity contribution < 1.29 is 4.84 Å². The SMILES string of the molecule is CON(C)c1c(N)cnc2ccc(Br)cc12. The average Bonchev–Trinajstić information content (AvgIpc) is 2.28. The molecule has 0 fully saturated rings. The topological polar surface area (TPSA) is 51.4 Å². The van der Waals surface area contributed by atoms with Gasteiger partial charge in [-0.2, -0.15) is 0 Å². The van der Waals surface area contributed by atoms with Gasteiger partial charge in [-0.3, -0.25) is 14.9 Å². The van der Waals surface area contributed by atoms with Crippen molar-refractivity contribution in [2.24, 2.45) is 0 Å². The zero-order valence-corrected chi connectivity index (χ0v) is 10.7. The maximum Gasteiger partial charge on any atom is 0.0972 e. The number of fused-ring (bicyclic) bond motifs is 1. The van der Waals surface area contributed by atoms with Gasteiger partial charge >= 0.3 is 0 Å². The molecule has 0 spiro atoms. The predicted octanol–water partition coefficient (Wildman–Crippen LogP) is 2.58. The minimum Gasteiger partial charge on any atom is -0.396 e. The number of pyridine rings is 1. The quantitative estimate of drug-likeness (QED) is 0.860. The monoisotopic (exact) mass is 281 g/mol. The van der Waals surface area contributed by atoms with Crippen LogP contribution in [0.2, 0.25) is 0 Å². The Morgan fingerprint density at radius 2 is 2.19 bits per heavy atom. The minimum atomic E-state index is 0.593. The molecule has 0 saturated heterocycles. The van der Waals surface area contributed by atoms with Crippen molar-refractivity contribution in [3.05, 3.63) is 28.9 Å². The highest BCUT2D eigenvalue weighted by molar-refractivity contribution is 9.10. The Morgan fingerprint density at radius 3 is 2.88 bits per heavy atom. The van der Waals surface area contributed by atoms with Crippen molar-refractivity contribution >= 4 is 38.2 Å². The van der Waals surface area contributed by atoms with E-state index in [4.69, 9.17) is 10.6 Å². The Balaban J connectivity index is 2.77. The molecule has 84 valence electrons. The molecule has 4 nitrogen and oxygen atoms in total. The Kier molecular flexibility index (Phi) is 2.98. The second-order valence-corrected chi connectivity index (χ2v) is 4.32. The van der Waals surface area contributed by atoms with Crippen LogP contribution < -0.4 is 10.8 Å². The van der Waals surface area contributed by atoms with Crippen LogP contribution in [-0.2, 0) is 4.84 Å². The lowest BCUT2D eigenvalue weighted by atomic mass is 10.1. The molecule has 1 aromatic heterocycles. The number of halogens is 1. The standard InChI is InChI=1S/C11H12BrN3O/c1-15(16-2)11-8-5-7(12)3-4-10(8)14-6-9(11)13/h3-6H,13H2,1-2H3. The van der Waals surface area contributed by atoms with E-state index in [0.717, 1.165) is 21.1 Å². The third-order valence-corrected chi connectivity index (χ3v) is 2.91. The molecule has 2 N–H and O–H groups in total. The molecule has 0 bridgehead atoms. The summed E-state index contributed by atoms with van der Waals surface area (Å²) < 4.78 is 0.984. The van der Waals surface area contributed by atoms with E-state index in [0.29, 0.717) is 5.69 Å². The maximum atomic E-state index is 5.91. The summed E-state index contributed by atoms with van der Waals surface area (Å²) in [7, 11) is 3.41. The van der Waals surface area contributed by atoms with Gasteiger partial charge < -0.3 is 5.73 Å². The largest absolute Gasteiger partial charge is 0.396 e. The second-order valence-electron chi connectivity index (χ2n) is 3.40. The summed E-state index contributed by atoms with van der Waals surface area (Å²) in [5.41, 5.74) is 8.22. The molecular formula is C11H12BrN3O. The van der Waals surface area contributed by atoms with Crippen molar-refractivity contribution in [3.63, 3.8) is 0 Å². The van der Waals surface area contributed by atoms with Crippen LogP contribution in [0.25, 0.3) is 10.9 Å². The highest BCUT2D eigenvalue weighted by Crippen LogP contribution is 2.32. The summed E-state index contributed by atoms with van der Waals surface area (Å²) in [5.74, 6) is 0. The van der Waals surface area contributed by atoms with Gasteiger partial charge in [-0.25, -0.2) is 0 Å². The van der Waals surface area contributed by atoms with Gasteiger partial charge in [0.05, 0.1) is 30.2 Å². The molecule has 0 aliphatic rings. The van der Waals surface area contributed by atoms with Gasteiger partial charge in [-0.05, 0) is 18.2 Å². The van der Waals surface area contributed by atoms with Gasteiger partial charge in [-0.15, -0.1) is 0 Å². The Hall–Kier alpha value is -1.33. The molecule has 0 radical (unpaired) electrons. The summed E-state index contributed by atoms with van der Waals surface area (Å²) in [6.07, 6.45) is 1.64. The van der Waals surface area contributed by atoms with Gasteiger partial charge in [0.1, 0.15) is 0 Å². The molecule has 2 rings (SSSR count). The van der Waals surface area contributed by atoms with E-state index in [1.165, 1.54) is 0 Å². The van der Waals surface area contributed by atoms with Gasteiger partial charge in [0.2, 0.25) is 0 Å². The molecule has 0 unspecified atom stereocenters. The smallest absolute Gasteiger partial charge is 0.0972 e. The number of hydroxylamine groups is 1. The first-order valence-corrected chi connectivity index (χ1v) is 5.54. The van der Waals surface area contributed by atoms with Crippen LogP contribution >= 0.6 is 15.9 Å². The number of benzene rings is 1. The molecule has 1 aromatic carbocycles. The van der Waals surface area contributed by atoms with E-state index in [9.17, 15) is 0 Å². The summed E-state index contributed by atoms with van der Waals surface area (Å²) in [6, 6.07) is 5.86. The molecule has 0 aliphatic carbocycles. The number of aromatic nitrogens is 1. The molecule has 0 atom stereocenters. The lowest BCUT2D eigenvalue weighted by Gasteiger charge is -2.19. The van der Waals surface area contributed by atoms with Crippen LogP contribution in [0.15, 0.2) is 28.9 Å². The van der Waals surface area contributed by atoms with Gasteiger partial charge in [0.15, 0.2) is 0 Å². The van der Waals surface area contributed by atoms with E-state index < -0.39 is 0 Å². The second kappa shape index (κ2) is 4.27. The molecule has 0 amide bonds. The molecule has 16 heavy (non-hydrogen) atoms. The normalized spacial score (nSPS) is 10.7. The summed E-state index contributed by atoms with van der Waals surface area (Å²) in [6.45, 7) is 0. The first-order chi connectivity index (χ1) is 7.63. The average molecular weight is 282 g/mol. The van der Waals surface area contributed by atoms with E-state index >= 15 is 0 Å². The predicted molar refractivity (Wildman–Crippen MR) is 69.3 cm³/mol. The van der Waals surface area contributed by atoms with Gasteiger partial charge in [-0.1, -0.05) is 15.9 Å². The zero-order valence-electron chi connectivity index (χ0n) is 9.07. The van der Waals surface area contributed by atoms with Crippen molar-refractivity contribution in [3.8, 4) is 0 Å². The molecule has 0 saturated carbocycles. The molecule has 0 aliphatic heterocycles. The lowest BCUT2D eigenvalue weighted by Crippen LogP contribution is -2.17. The van der Waals surface area contributed by atoms with E-state index in [-0.39, 0.29) is 0 Å². The molecule has 1 heterocycles. The van der Waals surface area contributed by atoms with E-state index in [1.807, 2.05) is 25.2 Å². The fraction of sp³-hybridized carbons (Fsp3) is 0.182. The van der Waals surface area contributed by atoms with Crippen molar-refractivity contribution in [1.29, 1.82) is 0 Å². The number of nitrogen functional groups attached to an aromatic ring is 1. The van der Waals surface area contributed by atoms with E-state index in [1.54, 1.807) is 18.4 Å². The van der Waals surface area contributed by atoms with Crippen LogP contribution in [0.3, 0.4) is 0 Å². The number of nitrogens with zero attached hydrogens (tertiary/aromatic N) is 2. The Bertz CT molecular complexity index is 525. The molecule has 5 heteroatoms. The van der Waals surface area contributed by atoms with Crippen molar-refractivity contribution in [1.82, 2.24) is 4.98 Å². The highest BCUT2D eigenvalue weighted by Gasteiger charge is 2.11. The van der Waals surface area contributed by atoms with Crippen LogP contribution in [0.5, 0.6) is 0 Å². The first kappa shape index (κ1) is 11.2. The van der Waals surface area contributed by atoms with Crippen LogP contribution in [-0.4, -0.2) is 19.1 Å². The van der Waals surface area contributed by atoms with Gasteiger partial charge in [0, 0.05) is 16.9 Å². The van der Waals surface area contributed by atoms with Crippen molar-refractivity contribution in [2.75, 3.05) is 25.0 Å². The van der Waals surface area contributed by atoms with Crippen LogP contribution in [0, 0.1) is 0 Å². The third-order valence-electron chi connectivity index (χ3n) is 2.42. The number of hydrogen-bond donors (Lipinski definition) is 1. The summed E-state index contributed by atoms with van der Waals surface area (Å²) in [4.78, 5) is 9.45. The zero-order chi connectivity index (χ0) is 11.7. The van der Waals surface area contributed by atoms with Crippen molar-refractivity contribution in [2.45, 2.75) is 0 Å². The first-order valence-electron chi connectivity index (χ1n) is 4.75. The minimum absolute atomic E-state index is 0.593. The molecule has 2 aromatic rings. The maximum absolute atomic E-state index is 5.91. The van der Waals surface area contributed by atoms with Crippen LogP contribution in [0.1, 0.15) is 0 Å². The number of nitrogens with two attached hydrogens (primary N) is 1. The number of rotatable bonds is 2. The Labute approximate surface area is 102 Å². The third kappa shape index (κ3) is 1.83. The highest BCUT2D eigenvalue weighted by atomic mass is 79.9. The van der Waals surface area contributed by atoms with Crippen LogP contribution in [0.4, 0.5) is 11.4 Å². The molecular weight excluding hydrogens is 270 g/mol. The summed E-state index contributed by atoms with van der Waals surface area (Å²) >= 11 is 3.43. The van der Waals surface area contributed by atoms with Gasteiger partial charge in [0.25, 0.3) is 0 Å². The fourth-order valence-electron chi connectivity index (χ4n) is 1.61.